The molecule has 0 saturated carbocycles. The number of benzene rings is 1. The number of aliphatic carboxylic acids is 1. The van der Waals surface area contributed by atoms with Crippen LogP contribution in [0, 0.1) is 11.6 Å². The van der Waals surface area contributed by atoms with E-state index in [1.54, 1.807) is 0 Å². The van der Waals surface area contributed by atoms with Crippen LogP contribution in [-0.4, -0.2) is 17.1 Å². The zero-order chi connectivity index (χ0) is 12.3. The molecule has 0 heterocycles. The Morgan fingerprint density at radius 3 is 2.56 bits per heavy atom. The topological polar surface area (TPSA) is 63.3 Å². The number of carboxylic acid groups (broad SMARTS) is 1. The first-order valence-electron chi connectivity index (χ1n) is 4.61. The number of carbonyl (C=O) groups is 1. The first-order chi connectivity index (χ1) is 7.40. The van der Waals surface area contributed by atoms with Crippen LogP contribution >= 0.6 is 9.24 Å². The minimum absolute atomic E-state index is 0.197. The van der Waals surface area contributed by atoms with E-state index < -0.39 is 23.6 Å². The van der Waals surface area contributed by atoms with Gasteiger partial charge < -0.3 is 10.8 Å². The second-order valence-electron chi connectivity index (χ2n) is 3.53. The maximum Gasteiger partial charge on any atom is 0.304 e. The standard InChI is InChI=1S/C10H12F2NO2P/c11-7-2-5(9(16)4-8(7)12)1-6(13)3-10(14)15/h2,4,6H,1,3,13,16H2,(H,14,15). The highest BCUT2D eigenvalue weighted by Crippen LogP contribution is 2.11. The summed E-state index contributed by atoms with van der Waals surface area (Å²) in [5.41, 5.74) is 6.06. The number of nitrogens with two attached hydrogens (primary N) is 1. The van der Waals surface area contributed by atoms with Crippen molar-refractivity contribution < 1.29 is 18.7 Å². The third-order valence-electron chi connectivity index (χ3n) is 2.10. The molecule has 3 nitrogen and oxygen atoms in total. The lowest BCUT2D eigenvalue weighted by atomic mass is 10.0. The van der Waals surface area contributed by atoms with Gasteiger partial charge in [-0.15, -0.1) is 9.24 Å². The Labute approximate surface area is 93.8 Å². The van der Waals surface area contributed by atoms with Gasteiger partial charge in [0, 0.05) is 6.04 Å². The van der Waals surface area contributed by atoms with Crippen LogP contribution in [0.5, 0.6) is 0 Å². The van der Waals surface area contributed by atoms with Crippen molar-refractivity contribution in [1.82, 2.24) is 0 Å². The Kier molecular flexibility index (Phi) is 4.33. The first-order valence-corrected chi connectivity index (χ1v) is 5.18. The first kappa shape index (κ1) is 13.0. The van der Waals surface area contributed by atoms with Crippen LogP contribution in [0.1, 0.15) is 12.0 Å². The predicted molar refractivity (Wildman–Crippen MR) is 59.6 cm³/mol. The molecular formula is C10H12F2NO2P. The normalized spacial score (nSPS) is 12.5. The Bertz CT molecular complexity index is 412. The molecule has 0 fully saturated rings. The molecule has 0 aliphatic heterocycles. The fourth-order valence-electron chi connectivity index (χ4n) is 1.36. The van der Waals surface area contributed by atoms with Gasteiger partial charge in [0.1, 0.15) is 0 Å². The summed E-state index contributed by atoms with van der Waals surface area (Å²) < 4.78 is 25.7. The molecule has 6 heteroatoms. The largest absolute Gasteiger partial charge is 0.481 e. The van der Waals surface area contributed by atoms with Crippen molar-refractivity contribution in [2.75, 3.05) is 0 Å². The lowest BCUT2D eigenvalue weighted by Crippen LogP contribution is -2.27. The minimum Gasteiger partial charge on any atom is -0.481 e. The fourth-order valence-corrected chi connectivity index (χ4v) is 1.71. The maximum absolute atomic E-state index is 12.9. The van der Waals surface area contributed by atoms with Crippen LogP contribution in [0.2, 0.25) is 0 Å². The summed E-state index contributed by atoms with van der Waals surface area (Å²) in [6.45, 7) is 0. The second-order valence-corrected chi connectivity index (χ2v) is 4.15. The van der Waals surface area contributed by atoms with Gasteiger partial charge >= 0.3 is 5.97 Å². The quantitative estimate of drug-likeness (QED) is 0.774. The summed E-state index contributed by atoms with van der Waals surface area (Å²) in [6.07, 6.45) is -0.00850. The van der Waals surface area contributed by atoms with Gasteiger partial charge in [0.05, 0.1) is 6.42 Å². The SMILES string of the molecule is NC(CC(=O)O)Cc1cc(F)c(F)cc1P. The zero-order valence-corrected chi connectivity index (χ0v) is 9.57. The molecular weight excluding hydrogens is 235 g/mol. The summed E-state index contributed by atoms with van der Waals surface area (Å²) in [4.78, 5) is 10.4. The Hall–Kier alpha value is -1.06. The molecule has 0 amide bonds. The Morgan fingerprint density at radius 2 is 2.00 bits per heavy atom. The molecule has 0 radical (unpaired) electrons. The van der Waals surface area contributed by atoms with Gasteiger partial charge in [-0.25, -0.2) is 8.78 Å². The van der Waals surface area contributed by atoms with Crippen molar-refractivity contribution in [3.8, 4) is 0 Å². The van der Waals surface area contributed by atoms with Crippen LogP contribution in [0.4, 0.5) is 8.78 Å². The van der Waals surface area contributed by atoms with E-state index in [0.29, 0.717) is 10.9 Å². The molecule has 0 spiro atoms. The molecule has 2 unspecified atom stereocenters. The van der Waals surface area contributed by atoms with E-state index in [1.807, 2.05) is 0 Å². The van der Waals surface area contributed by atoms with E-state index in [0.717, 1.165) is 12.1 Å². The van der Waals surface area contributed by atoms with Gasteiger partial charge in [0.25, 0.3) is 0 Å². The van der Waals surface area contributed by atoms with Crippen LogP contribution in [0.15, 0.2) is 12.1 Å². The molecule has 1 aromatic rings. The molecule has 0 saturated heterocycles. The molecule has 0 aliphatic rings. The average Bonchev–Trinajstić information content (AvgIpc) is 2.12. The summed E-state index contributed by atoms with van der Waals surface area (Å²) in [6, 6.07) is 1.48. The molecule has 2 atom stereocenters. The predicted octanol–water partition coefficient (Wildman–Crippen LogP) is 0.810. The van der Waals surface area contributed by atoms with Gasteiger partial charge in [0.2, 0.25) is 0 Å². The van der Waals surface area contributed by atoms with Crippen molar-refractivity contribution in [2.45, 2.75) is 18.9 Å². The Morgan fingerprint density at radius 1 is 1.44 bits per heavy atom. The van der Waals surface area contributed by atoms with Crippen molar-refractivity contribution in [3.05, 3.63) is 29.3 Å². The van der Waals surface area contributed by atoms with Crippen molar-refractivity contribution >= 4 is 20.5 Å². The van der Waals surface area contributed by atoms with Gasteiger partial charge in [-0.2, -0.15) is 0 Å². The second kappa shape index (κ2) is 5.32. The summed E-state index contributed by atoms with van der Waals surface area (Å²) in [5, 5.41) is 9.00. The van der Waals surface area contributed by atoms with E-state index in [9.17, 15) is 13.6 Å². The van der Waals surface area contributed by atoms with Gasteiger partial charge in [-0.1, -0.05) is 0 Å². The highest BCUT2D eigenvalue weighted by Gasteiger charge is 2.13. The molecule has 3 N–H and O–H groups in total. The van der Waals surface area contributed by atoms with E-state index >= 15 is 0 Å². The lowest BCUT2D eigenvalue weighted by molar-refractivity contribution is -0.137. The van der Waals surface area contributed by atoms with E-state index in [2.05, 4.69) is 9.24 Å². The van der Waals surface area contributed by atoms with Crippen LogP contribution in [0.3, 0.4) is 0 Å². The van der Waals surface area contributed by atoms with Crippen LogP contribution in [-0.2, 0) is 11.2 Å². The molecule has 1 rings (SSSR count). The third kappa shape index (κ3) is 3.51. The third-order valence-corrected chi connectivity index (χ3v) is 2.64. The van der Waals surface area contributed by atoms with E-state index in [-0.39, 0.29) is 12.8 Å². The summed E-state index contributed by atoms with van der Waals surface area (Å²) in [7, 11) is 2.27. The molecule has 0 bridgehead atoms. The number of halogens is 2. The van der Waals surface area contributed by atoms with Gasteiger partial charge in [-0.3, -0.25) is 4.79 Å². The van der Waals surface area contributed by atoms with Gasteiger partial charge in [0.15, 0.2) is 11.6 Å². The van der Waals surface area contributed by atoms with Gasteiger partial charge in [-0.05, 0) is 29.4 Å². The summed E-state index contributed by atoms with van der Waals surface area (Å²) >= 11 is 0. The number of rotatable bonds is 4. The van der Waals surface area contributed by atoms with E-state index in [1.165, 1.54) is 0 Å². The number of carboxylic acids is 1. The molecule has 0 aromatic heterocycles. The van der Waals surface area contributed by atoms with Crippen molar-refractivity contribution in [3.63, 3.8) is 0 Å². The highest BCUT2D eigenvalue weighted by molar-refractivity contribution is 7.27. The average molecular weight is 247 g/mol. The Balaban J connectivity index is 2.81. The highest BCUT2D eigenvalue weighted by atomic mass is 31.0. The minimum atomic E-state index is -1.01. The molecule has 88 valence electrons. The smallest absolute Gasteiger partial charge is 0.304 e. The maximum atomic E-state index is 12.9. The van der Waals surface area contributed by atoms with E-state index in [4.69, 9.17) is 10.8 Å². The monoisotopic (exact) mass is 247 g/mol. The van der Waals surface area contributed by atoms with Crippen LogP contribution < -0.4 is 11.0 Å². The molecule has 16 heavy (non-hydrogen) atoms. The lowest BCUT2D eigenvalue weighted by Gasteiger charge is -2.11. The molecule has 0 aliphatic carbocycles. The number of hydrogen-bond donors (Lipinski definition) is 2. The van der Waals surface area contributed by atoms with Crippen LogP contribution in [0.25, 0.3) is 0 Å². The number of hydrogen-bond acceptors (Lipinski definition) is 2. The van der Waals surface area contributed by atoms with Crippen molar-refractivity contribution in [1.29, 1.82) is 0 Å². The zero-order valence-electron chi connectivity index (χ0n) is 8.41. The molecule has 1 aromatic carbocycles. The van der Waals surface area contributed by atoms with Crippen molar-refractivity contribution in [2.24, 2.45) is 5.73 Å². The fraction of sp³-hybridized carbons (Fsp3) is 0.300. The summed E-state index contributed by atoms with van der Waals surface area (Å²) in [5.74, 6) is -2.90.